The van der Waals surface area contributed by atoms with E-state index in [1.165, 1.54) is 0 Å². The number of hydrogen-bond acceptors (Lipinski definition) is 4. The molecule has 4 heteroatoms. The molecule has 1 rings (SSSR count). The molecule has 1 aromatic carbocycles. The lowest BCUT2D eigenvalue weighted by molar-refractivity contribution is 0.168. The minimum Gasteiger partial charge on any atom is -0.493 e. The van der Waals surface area contributed by atoms with Crippen molar-refractivity contribution in [1.29, 1.82) is 0 Å². The normalized spacial score (nSPS) is 10.6. The van der Waals surface area contributed by atoms with Gasteiger partial charge in [0.05, 0.1) is 20.8 Å². The van der Waals surface area contributed by atoms with Crippen LogP contribution >= 0.6 is 0 Å². The monoisotopic (exact) mass is 209 g/mol. The summed E-state index contributed by atoms with van der Waals surface area (Å²) in [6.07, 6.45) is 3.72. The second-order valence-corrected chi connectivity index (χ2v) is 2.85. The quantitative estimate of drug-likeness (QED) is 0.748. The standard InChI is InChI=1S/C11H15NO3/c1-13-10-6-5-9(4-3-7-15-12)8-11(10)14-2/h3-6,8H,7,12H2,1-2H3/b4-3+. The Labute approximate surface area is 89.2 Å². The van der Waals surface area contributed by atoms with E-state index in [2.05, 4.69) is 4.84 Å². The summed E-state index contributed by atoms with van der Waals surface area (Å²) in [5, 5.41) is 0. The van der Waals surface area contributed by atoms with E-state index in [0.717, 1.165) is 5.56 Å². The highest BCUT2D eigenvalue weighted by Crippen LogP contribution is 2.27. The molecule has 0 aliphatic carbocycles. The first-order chi connectivity index (χ1) is 7.31. The summed E-state index contributed by atoms with van der Waals surface area (Å²) in [5.74, 6) is 6.31. The van der Waals surface area contributed by atoms with Crippen LogP contribution in [0.1, 0.15) is 5.56 Å². The third kappa shape index (κ3) is 3.27. The van der Waals surface area contributed by atoms with Crippen LogP contribution in [-0.2, 0) is 4.84 Å². The van der Waals surface area contributed by atoms with Gasteiger partial charge in [0.1, 0.15) is 0 Å². The molecule has 0 atom stereocenters. The number of hydrogen-bond donors (Lipinski definition) is 1. The SMILES string of the molecule is COc1ccc(/C=C/CON)cc1OC. The van der Waals surface area contributed by atoms with E-state index < -0.39 is 0 Å². The van der Waals surface area contributed by atoms with Gasteiger partial charge in [-0.25, -0.2) is 5.90 Å². The van der Waals surface area contributed by atoms with Crippen LogP contribution in [0.5, 0.6) is 11.5 Å². The van der Waals surface area contributed by atoms with Gasteiger partial charge in [0, 0.05) is 0 Å². The highest BCUT2D eigenvalue weighted by Gasteiger charge is 2.01. The number of nitrogens with two attached hydrogens (primary N) is 1. The number of ether oxygens (including phenoxy) is 2. The maximum Gasteiger partial charge on any atom is 0.161 e. The average Bonchev–Trinajstić information content (AvgIpc) is 2.29. The molecule has 1 aromatic rings. The minimum atomic E-state index is 0.383. The van der Waals surface area contributed by atoms with Crippen LogP contribution in [0, 0.1) is 0 Å². The van der Waals surface area contributed by atoms with Crippen LogP contribution in [0.25, 0.3) is 6.08 Å². The van der Waals surface area contributed by atoms with Gasteiger partial charge >= 0.3 is 0 Å². The Morgan fingerprint density at radius 3 is 2.53 bits per heavy atom. The Morgan fingerprint density at radius 1 is 1.20 bits per heavy atom. The molecule has 0 aliphatic rings. The van der Waals surface area contributed by atoms with Crippen molar-refractivity contribution in [2.45, 2.75) is 0 Å². The van der Waals surface area contributed by atoms with Crippen molar-refractivity contribution in [1.82, 2.24) is 0 Å². The second kappa shape index (κ2) is 6.06. The lowest BCUT2D eigenvalue weighted by Crippen LogP contribution is -1.97. The first-order valence-corrected chi connectivity index (χ1v) is 4.52. The van der Waals surface area contributed by atoms with Gasteiger partial charge in [0.2, 0.25) is 0 Å². The van der Waals surface area contributed by atoms with Gasteiger partial charge in [-0.1, -0.05) is 18.2 Å². The molecule has 0 saturated carbocycles. The summed E-state index contributed by atoms with van der Waals surface area (Å²) in [6, 6.07) is 5.65. The molecule has 0 aromatic heterocycles. The predicted octanol–water partition coefficient (Wildman–Crippen LogP) is 1.61. The fourth-order valence-electron chi connectivity index (χ4n) is 1.20. The molecule has 0 spiro atoms. The zero-order valence-electron chi connectivity index (χ0n) is 8.90. The topological polar surface area (TPSA) is 53.7 Å². The van der Waals surface area contributed by atoms with E-state index in [0.29, 0.717) is 18.1 Å². The van der Waals surface area contributed by atoms with Crippen LogP contribution < -0.4 is 15.4 Å². The largest absolute Gasteiger partial charge is 0.493 e. The van der Waals surface area contributed by atoms with E-state index in [9.17, 15) is 0 Å². The Hall–Kier alpha value is -1.52. The molecule has 2 N–H and O–H groups in total. The summed E-state index contributed by atoms with van der Waals surface area (Å²) >= 11 is 0. The van der Waals surface area contributed by atoms with Crippen molar-refractivity contribution in [2.75, 3.05) is 20.8 Å². The van der Waals surface area contributed by atoms with Crippen molar-refractivity contribution < 1.29 is 14.3 Å². The average molecular weight is 209 g/mol. The molecule has 4 nitrogen and oxygen atoms in total. The first kappa shape index (κ1) is 11.6. The maximum atomic E-state index is 5.17. The van der Waals surface area contributed by atoms with Gasteiger partial charge in [0.25, 0.3) is 0 Å². The van der Waals surface area contributed by atoms with Crippen molar-refractivity contribution in [2.24, 2.45) is 5.90 Å². The van der Waals surface area contributed by atoms with Crippen LogP contribution in [0.4, 0.5) is 0 Å². The molecule has 0 heterocycles. The van der Waals surface area contributed by atoms with Gasteiger partial charge < -0.3 is 14.3 Å². The van der Waals surface area contributed by atoms with Crippen molar-refractivity contribution in [3.05, 3.63) is 29.8 Å². The van der Waals surface area contributed by atoms with Crippen molar-refractivity contribution >= 4 is 6.08 Å². The lowest BCUT2D eigenvalue weighted by Gasteiger charge is -2.07. The highest BCUT2D eigenvalue weighted by atomic mass is 16.6. The van der Waals surface area contributed by atoms with Crippen LogP contribution in [0.3, 0.4) is 0 Å². The summed E-state index contributed by atoms with van der Waals surface area (Å²) in [6.45, 7) is 0.383. The van der Waals surface area contributed by atoms with E-state index in [1.807, 2.05) is 30.4 Å². The second-order valence-electron chi connectivity index (χ2n) is 2.85. The van der Waals surface area contributed by atoms with Crippen LogP contribution in [0.15, 0.2) is 24.3 Å². The molecule has 0 unspecified atom stereocenters. The van der Waals surface area contributed by atoms with Gasteiger partial charge in [-0.15, -0.1) is 0 Å². The third-order valence-electron chi connectivity index (χ3n) is 1.91. The van der Waals surface area contributed by atoms with E-state index in [-0.39, 0.29) is 0 Å². The van der Waals surface area contributed by atoms with E-state index in [1.54, 1.807) is 14.2 Å². The van der Waals surface area contributed by atoms with Gasteiger partial charge in [0.15, 0.2) is 11.5 Å². The fourth-order valence-corrected chi connectivity index (χ4v) is 1.20. The molecule has 0 fully saturated rings. The zero-order chi connectivity index (χ0) is 11.1. The number of benzene rings is 1. The third-order valence-corrected chi connectivity index (χ3v) is 1.91. The molecule has 0 radical (unpaired) electrons. The maximum absolute atomic E-state index is 5.17. The Kier molecular flexibility index (Phi) is 4.66. The number of rotatable bonds is 5. The van der Waals surface area contributed by atoms with Gasteiger partial charge in [-0.2, -0.15) is 0 Å². The summed E-state index contributed by atoms with van der Waals surface area (Å²) < 4.78 is 10.3. The van der Waals surface area contributed by atoms with Crippen molar-refractivity contribution in [3.63, 3.8) is 0 Å². The molecule has 82 valence electrons. The fraction of sp³-hybridized carbons (Fsp3) is 0.273. The molecule has 0 amide bonds. The Balaban J connectivity index is 2.83. The molecule has 15 heavy (non-hydrogen) atoms. The number of methoxy groups -OCH3 is 2. The van der Waals surface area contributed by atoms with Gasteiger partial charge in [-0.3, -0.25) is 0 Å². The highest BCUT2D eigenvalue weighted by molar-refractivity contribution is 5.55. The first-order valence-electron chi connectivity index (χ1n) is 4.52. The molecule has 0 aliphatic heterocycles. The smallest absolute Gasteiger partial charge is 0.161 e. The predicted molar refractivity (Wildman–Crippen MR) is 58.7 cm³/mol. The van der Waals surface area contributed by atoms with Crippen LogP contribution in [-0.4, -0.2) is 20.8 Å². The minimum absolute atomic E-state index is 0.383. The summed E-state index contributed by atoms with van der Waals surface area (Å²) in [5.41, 5.74) is 1.00. The molecular weight excluding hydrogens is 194 g/mol. The Morgan fingerprint density at radius 2 is 1.93 bits per heavy atom. The molecular formula is C11H15NO3. The zero-order valence-corrected chi connectivity index (χ0v) is 8.90. The molecule has 0 saturated heterocycles. The van der Waals surface area contributed by atoms with Gasteiger partial charge in [-0.05, 0) is 17.7 Å². The lowest BCUT2D eigenvalue weighted by atomic mass is 10.2. The Bertz CT molecular complexity index is 337. The van der Waals surface area contributed by atoms with Crippen LogP contribution in [0.2, 0.25) is 0 Å². The van der Waals surface area contributed by atoms with E-state index >= 15 is 0 Å². The summed E-state index contributed by atoms with van der Waals surface area (Å²) in [7, 11) is 3.21. The van der Waals surface area contributed by atoms with Crippen molar-refractivity contribution in [3.8, 4) is 11.5 Å². The molecule has 0 bridgehead atoms. The van der Waals surface area contributed by atoms with E-state index in [4.69, 9.17) is 15.4 Å². The summed E-state index contributed by atoms with van der Waals surface area (Å²) in [4.78, 5) is 4.42.